The van der Waals surface area contributed by atoms with E-state index in [1.54, 1.807) is 0 Å². The van der Waals surface area contributed by atoms with Crippen LogP contribution < -0.4 is 0 Å². The average Bonchev–Trinajstić information content (AvgIpc) is 0.918. The normalized spacial score (nSPS) is 3.60. The first kappa shape index (κ1) is 15.7. The molecule has 0 rings (SSSR count). The SMILES string of the molecule is C[Te+]C.I.I. The molecular formula is C2H8I2Te+. The Hall–Kier alpha value is 2.25. The summed E-state index contributed by atoms with van der Waals surface area (Å²) in [6.07, 6.45) is 0. The second-order valence-electron chi connectivity index (χ2n) is 0.408. The van der Waals surface area contributed by atoms with E-state index in [9.17, 15) is 0 Å². The molecule has 0 aliphatic carbocycles. The summed E-state index contributed by atoms with van der Waals surface area (Å²) in [5, 5.41) is 0. The first-order valence-electron chi connectivity index (χ1n) is 0.816. The molecule has 0 bridgehead atoms. The Morgan fingerprint density at radius 3 is 1.00 bits per heavy atom. The van der Waals surface area contributed by atoms with Gasteiger partial charge in [-0.3, -0.25) is 0 Å². The van der Waals surface area contributed by atoms with Crippen LogP contribution in [0.1, 0.15) is 0 Å². The van der Waals surface area contributed by atoms with Gasteiger partial charge in [-0.1, -0.05) is 0 Å². The minimum absolute atomic E-state index is 0. The van der Waals surface area contributed by atoms with Crippen LogP contribution in [0.4, 0.5) is 0 Å². The van der Waals surface area contributed by atoms with Crippen molar-refractivity contribution in [2.24, 2.45) is 0 Å². The first-order valence-corrected chi connectivity index (χ1v) is 5.48. The van der Waals surface area contributed by atoms with Gasteiger partial charge in [0.25, 0.3) is 0 Å². The van der Waals surface area contributed by atoms with Gasteiger partial charge < -0.3 is 0 Å². The molecule has 0 unspecified atom stereocenters. The topological polar surface area (TPSA) is 0 Å². The quantitative estimate of drug-likeness (QED) is 0.421. The Morgan fingerprint density at radius 2 is 1.00 bits per heavy atom. The number of hydrogen-bond donors (Lipinski definition) is 0. The molecule has 0 aliphatic rings. The summed E-state index contributed by atoms with van der Waals surface area (Å²) >= 11 is 0.470. The summed E-state index contributed by atoms with van der Waals surface area (Å²) in [6, 6.07) is 0. The molecule has 0 nitrogen and oxygen atoms in total. The molecule has 0 aromatic heterocycles. The van der Waals surface area contributed by atoms with Crippen molar-refractivity contribution in [2.75, 3.05) is 0 Å². The molecule has 0 spiro atoms. The van der Waals surface area contributed by atoms with Crippen LogP contribution in [0.15, 0.2) is 0 Å². The maximum atomic E-state index is 2.26. The predicted molar refractivity (Wildman–Crippen MR) is 48.3 cm³/mol. The van der Waals surface area contributed by atoms with Gasteiger partial charge in [0.2, 0.25) is 0 Å². The molecule has 35 valence electrons. The summed E-state index contributed by atoms with van der Waals surface area (Å²) in [7, 11) is 0. The smallest absolute Gasteiger partial charge is 0.107 e. The second kappa shape index (κ2) is 16.3. The van der Waals surface area contributed by atoms with E-state index < -0.39 is 0 Å². The molecule has 0 aliphatic heterocycles. The van der Waals surface area contributed by atoms with Crippen LogP contribution in [0.25, 0.3) is 0 Å². The van der Waals surface area contributed by atoms with Gasteiger partial charge in [-0.2, -0.15) is 0 Å². The fourth-order valence-electron chi connectivity index (χ4n) is 0. The van der Waals surface area contributed by atoms with Gasteiger partial charge >= 0.3 is 30.9 Å². The number of hydrogen-bond acceptors (Lipinski definition) is 0. The van der Waals surface area contributed by atoms with Gasteiger partial charge in [0.15, 0.2) is 0 Å². The molecule has 1 radical (unpaired) electrons. The Balaban J connectivity index is -0.0000000200. The van der Waals surface area contributed by atoms with E-state index in [4.69, 9.17) is 0 Å². The van der Waals surface area contributed by atoms with Crippen molar-refractivity contribution in [2.45, 2.75) is 9.94 Å². The molecule has 0 atom stereocenters. The van der Waals surface area contributed by atoms with Gasteiger partial charge in [-0.25, -0.2) is 0 Å². The average molecular weight is 413 g/mol. The maximum absolute atomic E-state index is 2.26. The predicted octanol–water partition coefficient (Wildman–Crippen LogP) is 2.02. The zero-order chi connectivity index (χ0) is 2.71. The molecular weight excluding hydrogens is 405 g/mol. The van der Waals surface area contributed by atoms with Crippen molar-refractivity contribution in [3.05, 3.63) is 0 Å². The van der Waals surface area contributed by atoms with Crippen LogP contribution in [0, 0.1) is 0 Å². The van der Waals surface area contributed by atoms with Gasteiger partial charge in [0, 0.05) is 0 Å². The third-order valence-corrected chi connectivity index (χ3v) is 0. The molecule has 3 heteroatoms. The van der Waals surface area contributed by atoms with Gasteiger partial charge in [-0.05, 0) is 0 Å². The molecule has 0 fully saturated rings. The van der Waals surface area contributed by atoms with Crippen LogP contribution >= 0.6 is 48.0 Å². The Bertz CT molecular complexity index is 7.61. The molecule has 0 saturated carbocycles. The number of halogens is 2. The van der Waals surface area contributed by atoms with Gasteiger partial charge in [0.1, 0.15) is 0 Å². The molecule has 0 aromatic carbocycles. The summed E-state index contributed by atoms with van der Waals surface area (Å²) in [6.45, 7) is 0. The molecule has 5 heavy (non-hydrogen) atoms. The van der Waals surface area contributed by atoms with E-state index in [1.165, 1.54) is 0 Å². The minimum Gasteiger partial charge on any atom is -0.107 e. The summed E-state index contributed by atoms with van der Waals surface area (Å²) in [5.41, 5.74) is 0. The van der Waals surface area contributed by atoms with Crippen molar-refractivity contribution in [3.63, 3.8) is 0 Å². The number of rotatable bonds is 0. The largest absolute Gasteiger partial charge is 0.107 e. The van der Waals surface area contributed by atoms with Gasteiger partial charge in [0.05, 0.1) is 0 Å². The zero-order valence-electron chi connectivity index (χ0n) is 3.22. The van der Waals surface area contributed by atoms with Crippen molar-refractivity contribution in [3.8, 4) is 0 Å². The maximum Gasteiger partial charge on any atom is -0.107 e. The molecule has 0 amide bonds. The Kier molecular flexibility index (Phi) is 51.1. The molecule has 0 heterocycles. The van der Waals surface area contributed by atoms with E-state index in [2.05, 4.69) is 9.94 Å². The van der Waals surface area contributed by atoms with E-state index >= 15 is 0 Å². The second-order valence-corrected chi connectivity index (χ2v) is 2.74. The van der Waals surface area contributed by atoms with E-state index in [-0.39, 0.29) is 48.0 Å². The van der Waals surface area contributed by atoms with E-state index in [0.29, 0.717) is 20.9 Å². The van der Waals surface area contributed by atoms with E-state index in [0.717, 1.165) is 0 Å². The van der Waals surface area contributed by atoms with Crippen LogP contribution in [0.5, 0.6) is 0 Å². The summed E-state index contributed by atoms with van der Waals surface area (Å²) in [5.74, 6) is 0. The van der Waals surface area contributed by atoms with Crippen molar-refractivity contribution >= 4 is 68.9 Å². The Morgan fingerprint density at radius 1 is 1.00 bits per heavy atom. The molecule has 0 saturated heterocycles. The first-order chi connectivity index (χ1) is 1.41. The molecule has 0 aromatic rings. The van der Waals surface area contributed by atoms with E-state index in [1.807, 2.05) is 0 Å². The fourth-order valence-corrected chi connectivity index (χ4v) is 0. The van der Waals surface area contributed by atoms with Crippen LogP contribution in [0.2, 0.25) is 9.94 Å². The van der Waals surface area contributed by atoms with Crippen LogP contribution in [-0.2, 0) is 0 Å². The zero-order valence-corrected chi connectivity index (χ0v) is 10.2. The van der Waals surface area contributed by atoms with Crippen molar-refractivity contribution in [1.82, 2.24) is 0 Å². The van der Waals surface area contributed by atoms with Crippen LogP contribution in [-0.4, -0.2) is 20.9 Å². The summed E-state index contributed by atoms with van der Waals surface area (Å²) < 4.78 is 0. The summed E-state index contributed by atoms with van der Waals surface area (Å²) in [4.78, 5) is 4.51. The van der Waals surface area contributed by atoms with Gasteiger partial charge in [-0.15, -0.1) is 48.0 Å². The minimum atomic E-state index is 0. The van der Waals surface area contributed by atoms with Crippen molar-refractivity contribution in [1.29, 1.82) is 0 Å². The standard InChI is InChI=1S/C2H6Te.2HI/c1-3-2;;/h1-2H3;2*1H/q+1;;. The van der Waals surface area contributed by atoms with Crippen LogP contribution in [0.3, 0.4) is 0 Å². The Labute approximate surface area is 77.6 Å². The third kappa shape index (κ3) is 22.3. The van der Waals surface area contributed by atoms with Crippen molar-refractivity contribution < 1.29 is 0 Å². The fraction of sp³-hybridized carbons (Fsp3) is 1.00. The third-order valence-electron chi connectivity index (χ3n) is 0. The monoisotopic (exact) mass is 416 g/mol. The molecule has 0 N–H and O–H groups in total.